The Balaban J connectivity index is 2.30. The first-order chi connectivity index (χ1) is 8.83. The number of hydrogen-bond donors (Lipinski definition) is 1. The van der Waals surface area contributed by atoms with Gasteiger partial charge in [-0.05, 0) is 24.3 Å². The summed E-state index contributed by atoms with van der Waals surface area (Å²) in [7, 11) is 0. The number of nitrogens with zero attached hydrogens (tertiary/aromatic N) is 2. The summed E-state index contributed by atoms with van der Waals surface area (Å²) in [5.74, 6) is 1.78. The summed E-state index contributed by atoms with van der Waals surface area (Å²) in [5.41, 5.74) is 2.23. The van der Waals surface area contributed by atoms with E-state index >= 15 is 0 Å². The first-order valence-electron chi connectivity index (χ1n) is 6.48. The van der Waals surface area contributed by atoms with Crippen LogP contribution in [0.3, 0.4) is 0 Å². The molecule has 2 aromatic rings. The Morgan fingerprint density at radius 2 is 2.11 bits per heavy atom. The lowest BCUT2D eigenvalue weighted by Crippen LogP contribution is -2.05. The predicted octanol–water partition coefficient (Wildman–Crippen LogP) is 3.98. The molecule has 0 saturated heterocycles. The smallest absolute Gasteiger partial charge is 0.162 e. The van der Waals surface area contributed by atoms with Gasteiger partial charge in [0.25, 0.3) is 0 Å². The van der Waals surface area contributed by atoms with Crippen LogP contribution in [0.4, 0.5) is 5.82 Å². The third-order valence-corrected chi connectivity index (χ3v) is 3.30. The van der Waals surface area contributed by atoms with Gasteiger partial charge in [0.2, 0.25) is 0 Å². The summed E-state index contributed by atoms with van der Waals surface area (Å²) in [6.07, 6.45) is 3.20. The van der Waals surface area contributed by atoms with E-state index in [2.05, 4.69) is 52.0 Å². The van der Waals surface area contributed by atoms with E-state index in [1.165, 1.54) is 0 Å². The van der Waals surface area contributed by atoms with Gasteiger partial charge in [-0.2, -0.15) is 11.3 Å². The van der Waals surface area contributed by atoms with Crippen LogP contribution in [-0.2, 0) is 6.42 Å². The van der Waals surface area contributed by atoms with Crippen molar-refractivity contribution in [1.82, 2.24) is 9.97 Å². The molecule has 0 amide bonds. The van der Waals surface area contributed by atoms with Crippen LogP contribution in [0, 0.1) is 0 Å². The van der Waals surface area contributed by atoms with Crippen LogP contribution in [0.2, 0.25) is 0 Å². The van der Waals surface area contributed by atoms with Crippen LogP contribution < -0.4 is 5.32 Å². The molecule has 0 aromatic carbocycles. The van der Waals surface area contributed by atoms with Gasteiger partial charge < -0.3 is 5.32 Å². The predicted molar refractivity (Wildman–Crippen MR) is 78.1 cm³/mol. The minimum Gasteiger partial charge on any atom is -0.370 e. The number of anilines is 1. The van der Waals surface area contributed by atoms with Crippen LogP contribution in [0.1, 0.15) is 32.4 Å². The quantitative estimate of drug-likeness (QED) is 0.854. The topological polar surface area (TPSA) is 37.8 Å². The second-order valence-electron chi connectivity index (χ2n) is 4.26. The van der Waals surface area contributed by atoms with Crippen LogP contribution in [0.15, 0.2) is 22.9 Å². The minimum absolute atomic E-state index is 0.834. The van der Waals surface area contributed by atoms with Crippen molar-refractivity contribution in [3.8, 4) is 11.4 Å². The molecule has 2 rings (SSSR count). The van der Waals surface area contributed by atoms with Gasteiger partial charge in [0, 0.05) is 29.2 Å². The Hall–Kier alpha value is -1.42. The van der Waals surface area contributed by atoms with Crippen LogP contribution in [0.5, 0.6) is 0 Å². The van der Waals surface area contributed by atoms with E-state index in [0.29, 0.717) is 0 Å². The van der Waals surface area contributed by atoms with E-state index in [1.54, 1.807) is 11.3 Å². The maximum absolute atomic E-state index is 4.63. The first kappa shape index (κ1) is 13.0. The van der Waals surface area contributed by atoms with Gasteiger partial charge in [-0.25, -0.2) is 9.97 Å². The molecule has 4 heteroatoms. The zero-order valence-corrected chi connectivity index (χ0v) is 11.8. The van der Waals surface area contributed by atoms with E-state index in [9.17, 15) is 0 Å². The van der Waals surface area contributed by atoms with Crippen molar-refractivity contribution in [2.24, 2.45) is 0 Å². The average Bonchev–Trinajstić information content (AvgIpc) is 2.90. The molecule has 0 bridgehead atoms. The fourth-order valence-corrected chi connectivity index (χ4v) is 2.38. The fraction of sp³-hybridized carbons (Fsp3) is 0.429. The molecule has 0 unspecified atom stereocenters. The van der Waals surface area contributed by atoms with Gasteiger partial charge >= 0.3 is 0 Å². The summed E-state index contributed by atoms with van der Waals surface area (Å²) in [6, 6.07) is 4.13. The number of hydrogen-bond acceptors (Lipinski definition) is 4. The van der Waals surface area contributed by atoms with Crippen molar-refractivity contribution >= 4 is 17.2 Å². The van der Waals surface area contributed by atoms with Crippen LogP contribution >= 0.6 is 11.3 Å². The number of thiophene rings is 1. The van der Waals surface area contributed by atoms with Crippen molar-refractivity contribution in [2.45, 2.75) is 33.1 Å². The zero-order chi connectivity index (χ0) is 12.8. The molecule has 0 fully saturated rings. The highest BCUT2D eigenvalue weighted by atomic mass is 32.1. The van der Waals surface area contributed by atoms with Crippen LogP contribution in [-0.4, -0.2) is 16.5 Å². The molecule has 96 valence electrons. The number of rotatable bonds is 6. The molecule has 0 aliphatic rings. The number of nitrogens with one attached hydrogen (secondary N) is 1. The summed E-state index contributed by atoms with van der Waals surface area (Å²) in [6.45, 7) is 5.28. The van der Waals surface area contributed by atoms with Gasteiger partial charge in [-0.15, -0.1) is 0 Å². The Morgan fingerprint density at radius 3 is 2.78 bits per heavy atom. The molecule has 1 N–H and O–H groups in total. The zero-order valence-electron chi connectivity index (χ0n) is 10.9. The Labute approximate surface area is 112 Å². The van der Waals surface area contributed by atoms with Gasteiger partial charge in [-0.1, -0.05) is 20.3 Å². The Bertz CT molecular complexity index is 480. The van der Waals surface area contributed by atoms with E-state index in [0.717, 1.165) is 48.7 Å². The molecule has 0 spiro atoms. The Morgan fingerprint density at radius 1 is 1.22 bits per heavy atom. The molecule has 0 saturated carbocycles. The standard InChI is InChI=1S/C14H19N3S/c1-3-5-12-9-13(15-7-4-2)17-14(16-12)11-6-8-18-10-11/h6,8-10H,3-5,7H2,1-2H3,(H,15,16,17). The lowest BCUT2D eigenvalue weighted by molar-refractivity contribution is 0.872. The largest absolute Gasteiger partial charge is 0.370 e. The molecule has 3 nitrogen and oxygen atoms in total. The monoisotopic (exact) mass is 261 g/mol. The molecular weight excluding hydrogens is 242 g/mol. The normalized spacial score (nSPS) is 10.6. The van der Waals surface area contributed by atoms with Crippen LogP contribution in [0.25, 0.3) is 11.4 Å². The summed E-state index contributed by atoms with van der Waals surface area (Å²) >= 11 is 1.68. The molecule has 0 radical (unpaired) electrons. The second-order valence-corrected chi connectivity index (χ2v) is 5.04. The second kappa shape index (κ2) is 6.50. The molecular formula is C14H19N3S. The third kappa shape index (κ3) is 3.29. The van der Waals surface area contributed by atoms with Gasteiger partial charge in [0.1, 0.15) is 5.82 Å². The van der Waals surface area contributed by atoms with Gasteiger partial charge in [-0.3, -0.25) is 0 Å². The van der Waals surface area contributed by atoms with Crippen molar-refractivity contribution in [2.75, 3.05) is 11.9 Å². The SMILES string of the molecule is CCCNc1cc(CCC)nc(-c2ccsc2)n1. The summed E-state index contributed by atoms with van der Waals surface area (Å²) < 4.78 is 0. The first-order valence-corrected chi connectivity index (χ1v) is 7.42. The molecule has 0 aliphatic carbocycles. The highest BCUT2D eigenvalue weighted by molar-refractivity contribution is 7.08. The van der Waals surface area contributed by atoms with E-state index in [-0.39, 0.29) is 0 Å². The number of aromatic nitrogens is 2. The highest BCUT2D eigenvalue weighted by Crippen LogP contribution is 2.21. The minimum atomic E-state index is 0.834. The van der Waals surface area contributed by atoms with Crippen molar-refractivity contribution in [3.05, 3.63) is 28.6 Å². The summed E-state index contributed by atoms with van der Waals surface area (Å²) in [5, 5.41) is 7.50. The maximum Gasteiger partial charge on any atom is 0.162 e. The molecule has 2 heterocycles. The highest BCUT2D eigenvalue weighted by Gasteiger charge is 2.06. The van der Waals surface area contributed by atoms with Crippen molar-refractivity contribution in [1.29, 1.82) is 0 Å². The number of aryl methyl sites for hydroxylation is 1. The maximum atomic E-state index is 4.63. The van der Waals surface area contributed by atoms with E-state index in [4.69, 9.17) is 0 Å². The Kier molecular flexibility index (Phi) is 4.70. The van der Waals surface area contributed by atoms with Gasteiger partial charge in [0.15, 0.2) is 5.82 Å². The molecule has 0 aliphatic heterocycles. The van der Waals surface area contributed by atoms with Crippen molar-refractivity contribution < 1.29 is 0 Å². The fourth-order valence-electron chi connectivity index (χ4n) is 1.75. The van der Waals surface area contributed by atoms with E-state index in [1.807, 2.05) is 0 Å². The van der Waals surface area contributed by atoms with Gasteiger partial charge in [0.05, 0.1) is 0 Å². The lowest BCUT2D eigenvalue weighted by Gasteiger charge is -2.08. The molecule has 2 aromatic heterocycles. The molecule has 18 heavy (non-hydrogen) atoms. The van der Waals surface area contributed by atoms with E-state index < -0.39 is 0 Å². The third-order valence-electron chi connectivity index (χ3n) is 2.62. The lowest BCUT2D eigenvalue weighted by atomic mass is 10.2. The molecule has 0 atom stereocenters. The summed E-state index contributed by atoms with van der Waals surface area (Å²) in [4.78, 5) is 9.21. The van der Waals surface area contributed by atoms with Crippen molar-refractivity contribution in [3.63, 3.8) is 0 Å². The average molecular weight is 261 g/mol.